The maximum absolute atomic E-state index is 12.6. The minimum absolute atomic E-state index is 0.0835. The van der Waals surface area contributed by atoms with Crippen LogP contribution in [0.5, 0.6) is 5.88 Å². The average molecular weight is 427 g/mol. The number of benzene rings is 1. The van der Waals surface area contributed by atoms with Crippen molar-refractivity contribution in [2.24, 2.45) is 0 Å². The van der Waals surface area contributed by atoms with Crippen molar-refractivity contribution in [1.82, 2.24) is 14.6 Å². The van der Waals surface area contributed by atoms with Crippen LogP contribution in [0.15, 0.2) is 33.4 Å². The summed E-state index contributed by atoms with van der Waals surface area (Å²) in [6, 6.07) is 6.99. The number of halogens is 1. The Morgan fingerprint density at radius 2 is 2.11 bits per heavy atom. The van der Waals surface area contributed by atoms with E-state index in [0.29, 0.717) is 15.8 Å². The van der Waals surface area contributed by atoms with E-state index >= 15 is 0 Å². The Labute approximate surface area is 166 Å². The molecule has 142 valence electrons. The Hall–Kier alpha value is -2.14. The molecule has 27 heavy (non-hydrogen) atoms. The van der Waals surface area contributed by atoms with Crippen molar-refractivity contribution >= 4 is 51.3 Å². The monoisotopic (exact) mass is 426 g/mol. The third kappa shape index (κ3) is 4.41. The number of rotatable bonds is 6. The zero-order chi connectivity index (χ0) is 19.6. The van der Waals surface area contributed by atoms with Crippen LogP contribution in [0, 0.1) is 6.92 Å². The number of aryl methyl sites for hydroxylation is 1. The second-order valence-corrected chi connectivity index (χ2v) is 8.15. The molecule has 1 aromatic carbocycles. The highest BCUT2D eigenvalue weighted by atomic mass is 35.5. The van der Waals surface area contributed by atoms with Crippen LogP contribution in [0.1, 0.15) is 15.9 Å². The van der Waals surface area contributed by atoms with Gasteiger partial charge in [0.2, 0.25) is 10.8 Å². The fourth-order valence-electron chi connectivity index (χ4n) is 2.12. The van der Waals surface area contributed by atoms with Gasteiger partial charge in [0, 0.05) is 17.3 Å². The molecule has 0 aliphatic carbocycles. The van der Waals surface area contributed by atoms with Gasteiger partial charge in [0.25, 0.3) is 11.5 Å². The molecule has 0 bridgehead atoms. The number of hydrogen-bond acceptors (Lipinski definition) is 8. The summed E-state index contributed by atoms with van der Waals surface area (Å²) in [5.41, 5.74) is 0.240. The van der Waals surface area contributed by atoms with E-state index in [0.717, 1.165) is 21.4 Å². The van der Waals surface area contributed by atoms with Crippen LogP contribution >= 0.6 is 34.7 Å². The van der Waals surface area contributed by atoms with Crippen molar-refractivity contribution < 1.29 is 15.0 Å². The Kier molecular flexibility index (Phi) is 6.00. The number of hydrogen-bond donors (Lipinski definition) is 3. The van der Waals surface area contributed by atoms with Crippen molar-refractivity contribution in [3.05, 3.63) is 45.7 Å². The van der Waals surface area contributed by atoms with Crippen molar-refractivity contribution in [1.29, 1.82) is 0 Å². The van der Waals surface area contributed by atoms with Crippen LogP contribution in [0.25, 0.3) is 4.96 Å². The number of thioether (sulfide) groups is 1. The molecule has 0 saturated heterocycles. The summed E-state index contributed by atoms with van der Waals surface area (Å²) in [7, 11) is 0. The fourth-order valence-corrected chi connectivity index (χ4v) is 4.23. The number of anilines is 1. The Morgan fingerprint density at radius 1 is 1.41 bits per heavy atom. The van der Waals surface area contributed by atoms with Crippen LogP contribution in [0.3, 0.4) is 0 Å². The van der Waals surface area contributed by atoms with Crippen molar-refractivity contribution in [2.45, 2.75) is 17.4 Å². The van der Waals surface area contributed by atoms with Gasteiger partial charge in [-0.1, -0.05) is 40.8 Å². The average Bonchev–Trinajstić information content (AvgIpc) is 3.04. The van der Waals surface area contributed by atoms with Gasteiger partial charge in [0.1, 0.15) is 0 Å². The molecule has 2 heterocycles. The highest BCUT2D eigenvalue weighted by Gasteiger charge is 2.22. The number of amides is 1. The number of fused-ring (bicyclic) bond motifs is 1. The SMILES string of the molecule is Cc1ccc(NC(=O)c2c(O)nc3sc(SCC(O)CCl)nn3c2=O)cc1. The van der Waals surface area contributed by atoms with Crippen LogP contribution in [0.4, 0.5) is 5.69 Å². The molecule has 3 rings (SSSR count). The first kappa shape index (κ1) is 19.6. The van der Waals surface area contributed by atoms with Gasteiger partial charge in [-0.3, -0.25) is 9.59 Å². The summed E-state index contributed by atoms with van der Waals surface area (Å²) in [5, 5.41) is 26.2. The third-order valence-corrected chi connectivity index (χ3v) is 6.03. The lowest BCUT2D eigenvalue weighted by Crippen LogP contribution is -2.27. The number of carbonyl (C=O) groups is 1. The molecule has 0 aliphatic heterocycles. The van der Waals surface area contributed by atoms with Crippen LogP contribution in [-0.2, 0) is 0 Å². The zero-order valence-electron chi connectivity index (χ0n) is 14.0. The van der Waals surface area contributed by atoms with E-state index < -0.39 is 29.0 Å². The van der Waals surface area contributed by atoms with Crippen LogP contribution < -0.4 is 10.9 Å². The molecule has 0 radical (unpaired) electrons. The molecular formula is C16H15ClN4O4S2. The number of aliphatic hydroxyl groups excluding tert-OH is 1. The van der Waals surface area contributed by atoms with E-state index in [4.69, 9.17) is 11.6 Å². The lowest BCUT2D eigenvalue weighted by Gasteiger charge is -2.06. The van der Waals surface area contributed by atoms with Gasteiger partial charge >= 0.3 is 0 Å². The largest absolute Gasteiger partial charge is 0.492 e. The molecular weight excluding hydrogens is 412 g/mol. The summed E-state index contributed by atoms with van der Waals surface area (Å²) >= 11 is 7.81. The molecule has 1 unspecified atom stereocenters. The summed E-state index contributed by atoms with van der Waals surface area (Å²) in [4.78, 5) is 29.1. The fraction of sp³-hybridized carbons (Fsp3) is 0.250. The van der Waals surface area contributed by atoms with E-state index in [1.54, 1.807) is 12.1 Å². The molecule has 0 fully saturated rings. The minimum Gasteiger partial charge on any atom is -0.492 e. The molecule has 1 atom stereocenters. The number of aliphatic hydroxyl groups is 1. The topological polar surface area (TPSA) is 117 Å². The van der Waals surface area contributed by atoms with Crippen LogP contribution in [-0.4, -0.2) is 48.5 Å². The normalized spacial score (nSPS) is 12.3. The van der Waals surface area contributed by atoms with Crippen molar-refractivity contribution in [3.63, 3.8) is 0 Å². The van der Waals surface area contributed by atoms with Crippen LogP contribution in [0.2, 0.25) is 0 Å². The predicted octanol–water partition coefficient (Wildman–Crippen LogP) is 2.11. The molecule has 1 amide bonds. The first-order valence-electron chi connectivity index (χ1n) is 7.76. The second-order valence-electron chi connectivity index (χ2n) is 5.62. The maximum Gasteiger partial charge on any atom is 0.292 e. The third-order valence-electron chi connectivity index (χ3n) is 3.49. The number of alkyl halides is 1. The number of aromatic nitrogens is 3. The molecule has 0 aliphatic rings. The lowest BCUT2D eigenvalue weighted by molar-refractivity contribution is 0.102. The van der Waals surface area contributed by atoms with Crippen molar-refractivity contribution in [2.75, 3.05) is 16.9 Å². The molecule has 0 saturated carbocycles. The number of carbonyl (C=O) groups excluding carboxylic acids is 1. The predicted molar refractivity (Wildman–Crippen MR) is 105 cm³/mol. The van der Waals surface area contributed by atoms with E-state index in [-0.39, 0.29) is 10.8 Å². The first-order valence-corrected chi connectivity index (χ1v) is 10.1. The van der Waals surface area contributed by atoms with E-state index in [2.05, 4.69) is 15.4 Å². The molecule has 0 spiro atoms. The van der Waals surface area contributed by atoms with Gasteiger partial charge < -0.3 is 15.5 Å². The molecule has 3 aromatic rings. The number of nitrogens with one attached hydrogen (secondary N) is 1. The van der Waals surface area contributed by atoms with Gasteiger partial charge in [0.05, 0.1) is 6.10 Å². The van der Waals surface area contributed by atoms with Gasteiger partial charge in [0.15, 0.2) is 9.90 Å². The summed E-state index contributed by atoms with van der Waals surface area (Å²) in [5.74, 6) is -1.06. The minimum atomic E-state index is -0.775. The quantitative estimate of drug-likeness (QED) is 0.408. The smallest absolute Gasteiger partial charge is 0.292 e. The maximum atomic E-state index is 12.6. The standard InChI is InChI=1S/C16H15ClN4O4S2/c1-8-2-4-9(5-3-8)18-12(23)11-13(24)19-15-21(14(11)25)20-16(27-15)26-7-10(22)6-17/h2-5,10,22,24H,6-7H2,1H3,(H,18,23). The van der Waals surface area contributed by atoms with Gasteiger partial charge in [-0.15, -0.1) is 16.7 Å². The van der Waals surface area contributed by atoms with Gasteiger partial charge in [-0.25, -0.2) is 0 Å². The van der Waals surface area contributed by atoms with E-state index in [9.17, 15) is 19.8 Å². The molecule has 11 heteroatoms. The van der Waals surface area contributed by atoms with Crippen molar-refractivity contribution in [3.8, 4) is 5.88 Å². The molecule has 8 nitrogen and oxygen atoms in total. The van der Waals surface area contributed by atoms with E-state index in [1.807, 2.05) is 19.1 Å². The summed E-state index contributed by atoms with van der Waals surface area (Å²) in [6.07, 6.45) is -0.711. The Balaban J connectivity index is 1.90. The van der Waals surface area contributed by atoms with E-state index in [1.165, 1.54) is 11.8 Å². The molecule has 3 N–H and O–H groups in total. The van der Waals surface area contributed by atoms with Gasteiger partial charge in [-0.2, -0.15) is 9.50 Å². The Bertz CT molecular complexity index is 1040. The highest BCUT2D eigenvalue weighted by Crippen LogP contribution is 2.25. The summed E-state index contributed by atoms with van der Waals surface area (Å²) < 4.78 is 1.42. The number of nitrogens with zero attached hydrogens (tertiary/aromatic N) is 3. The Morgan fingerprint density at radius 3 is 2.78 bits per heavy atom. The summed E-state index contributed by atoms with van der Waals surface area (Å²) in [6.45, 7) is 1.91. The number of aromatic hydroxyl groups is 1. The zero-order valence-corrected chi connectivity index (χ0v) is 16.4. The molecule has 2 aromatic heterocycles. The lowest BCUT2D eigenvalue weighted by atomic mass is 10.2. The highest BCUT2D eigenvalue weighted by molar-refractivity contribution is 8.01. The first-order chi connectivity index (χ1) is 12.9. The van der Waals surface area contributed by atoms with Gasteiger partial charge in [-0.05, 0) is 19.1 Å². The second kappa shape index (κ2) is 8.26.